The van der Waals surface area contributed by atoms with E-state index in [-0.39, 0.29) is 5.91 Å². The lowest BCUT2D eigenvalue weighted by molar-refractivity contribution is -0.121. The fourth-order valence-corrected chi connectivity index (χ4v) is 3.78. The van der Waals surface area contributed by atoms with Crippen LogP contribution in [0.25, 0.3) is 0 Å². The van der Waals surface area contributed by atoms with E-state index in [2.05, 4.69) is 32.3 Å². The second-order valence-corrected chi connectivity index (χ2v) is 7.35. The molecule has 2 saturated heterocycles. The van der Waals surface area contributed by atoms with Crippen molar-refractivity contribution in [1.29, 1.82) is 0 Å². The molecule has 0 spiro atoms. The Hall–Kier alpha value is -1.30. The van der Waals surface area contributed by atoms with Crippen LogP contribution in [0.1, 0.15) is 39.0 Å². The van der Waals surface area contributed by atoms with Crippen molar-refractivity contribution in [2.24, 2.45) is 16.8 Å². The highest BCUT2D eigenvalue weighted by atomic mass is 16.1. The Bertz CT molecular complexity index is 412. The first-order valence-electron chi connectivity index (χ1n) is 9.51. The minimum absolute atomic E-state index is 0.159. The van der Waals surface area contributed by atoms with Gasteiger partial charge in [-0.05, 0) is 50.6 Å². The average molecular weight is 338 g/mol. The molecule has 2 fully saturated rings. The quantitative estimate of drug-likeness (QED) is 0.564. The summed E-state index contributed by atoms with van der Waals surface area (Å²) >= 11 is 0. The summed E-state index contributed by atoms with van der Waals surface area (Å²) in [5, 5.41) is 6.28. The number of nitrogens with zero attached hydrogens (tertiary/aromatic N) is 3. The van der Waals surface area contributed by atoms with E-state index in [1.165, 1.54) is 32.5 Å². The van der Waals surface area contributed by atoms with E-state index in [1.807, 2.05) is 7.05 Å². The number of guanidine groups is 1. The van der Waals surface area contributed by atoms with Gasteiger partial charge in [0.1, 0.15) is 0 Å². The van der Waals surface area contributed by atoms with Gasteiger partial charge >= 0.3 is 0 Å². The second kappa shape index (κ2) is 9.87. The van der Waals surface area contributed by atoms with Crippen LogP contribution in [0.15, 0.2) is 4.99 Å². The molecule has 0 saturated carbocycles. The second-order valence-electron chi connectivity index (χ2n) is 7.35. The van der Waals surface area contributed by atoms with Crippen LogP contribution < -0.4 is 10.6 Å². The van der Waals surface area contributed by atoms with Gasteiger partial charge in [0, 0.05) is 46.7 Å². The molecule has 0 aromatic carbocycles. The minimum Gasteiger partial charge on any atom is -0.359 e. The number of piperidine rings is 1. The van der Waals surface area contributed by atoms with Gasteiger partial charge in [0.05, 0.1) is 0 Å². The van der Waals surface area contributed by atoms with Gasteiger partial charge in [-0.1, -0.05) is 6.92 Å². The summed E-state index contributed by atoms with van der Waals surface area (Å²) in [5.41, 5.74) is 0. The Kier molecular flexibility index (Phi) is 7.82. The molecule has 0 aliphatic carbocycles. The van der Waals surface area contributed by atoms with Crippen molar-refractivity contribution < 1.29 is 4.79 Å². The Morgan fingerprint density at radius 3 is 2.46 bits per heavy atom. The van der Waals surface area contributed by atoms with Gasteiger partial charge < -0.3 is 20.4 Å². The Morgan fingerprint density at radius 2 is 1.88 bits per heavy atom. The fourth-order valence-electron chi connectivity index (χ4n) is 3.78. The third-order valence-electron chi connectivity index (χ3n) is 5.26. The molecule has 2 aliphatic heterocycles. The number of amides is 1. The highest BCUT2D eigenvalue weighted by molar-refractivity contribution is 5.80. The summed E-state index contributed by atoms with van der Waals surface area (Å²) in [6, 6.07) is 0. The van der Waals surface area contributed by atoms with Crippen LogP contribution >= 0.6 is 0 Å². The zero-order chi connectivity index (χ0) is 17.4. The predicted molar refractivity (Wildman–Crippen MR) is 99.2 cm³/mol. The Labute approximate surface area is 147 Å². The molecule has 2 rings (SSSR count). The molecule has 1 unspecified atom stereocenters. The number of aliphatic imine (C=N–C) groups is 1. The van der Waals surface area contributed by atoms with Crippen LogP contribution in [0.4, 0.5) is 0 Å². The van der Waals surface area contributed by atoms with E-state index >= 15 is 0 Å². The van der Waals surface area contributed by atoms with Crippen molar-refractivity contribution >= 4 is 11.9 Å². The van der Waals surface area contributed by atoms with Gasteiger partial charge in [0.2, 0.25) is 5.91 Å². The molecule has 6 heteroatoms. The molecule has 6 nitrogen and oxygen atoms in total. The summed E-state index contributed by atoms with van der Waals surface area (Å²) in [4.78, 5) is 20.9. The minimum atomic E-state index is 0.159. The van der Waals surface area contributed by atoms with Crippen LogP contribution in [0.3, 0.4) is 0 Å². The average Bonchev–Trinajstić information content (AvgIpc) is 3.09. The van der Waals surface area contributed by atoms with Gasteiger partial charge in [-0.15, -0.1) is 0 Å². The van der Waals surface area contributed by atoms with E-state index in [0.717, 1.165) is 38.4 Å². The number of nitrogens with one attached hydrogen (secondary N) is 2. The summed E-state index contributed by atoms with van der Waals surface area (Å²) in [6.07, 6.45) is 5.50. The number of carbonyl (C=O) groups is 1. The first kappa shape index (κ1) is 19.0. The van der Waals surface area contributed by atoms with Gasteiger partial charge in [-0.3, -0.25) is 9.79 Å². The van der Waals surface area contributed by atoms with E-state index in [4.69, 9.17) is 0 Å². The van der Waals surface area contributed by atoms with Crippen molar-refractivity contribution in [2.75, 3.05) is 53.4 Å². The van der Waals surface area contributed by atoms with Crippen molar-refractivity contribution in [3.8, 4) is 0 Å². The van der Waals surface area contributed by atoms with E-state index in [0.29, 0.717) is 18.3 Å². The normalized spacial score (nSPS) is 21.8. The van der Waals surface area contributed by atoms with E-state index in [9.17, 15) is 4.79 Å². The molecule has 2 aliphatic rings. The Balaban J connectivity index is 1.69. The number of hydrogen-bond donors (Lipinski definition) is 2. The summed E-state index contributed by atoms with van der Waals surface area (Å²) in [6.45, 7) is 8.97. The number of rotatable bonds is 6. The maximum Gasteiger partial charge on any atom is 0.220 e. The maximum absolute atomic E-state index is 11.5. The lowest BCUT2D eigenvalue weighted by Crippen LogP contribution is -2.47. The smallest absolute Gasteiger partial charge is 0.220 e. The first-order valence-corrected chi connectivity index (χ1v) is 9.51. The Morgan fingerprint density at radius 1 is 1.21 bits per heavy atom. The molecular formula is C18H35N5O. The molecule has 24 heavy (non-hydrogen) atoms. The lowest BCUT2D eigenvalue weighted by Gasteiger charge is -2.34. The molecule has 0 radical (unpaired) electrons. The molecule has 0 bridgehead atoms. The lowest BCUT2D eigenvalue weighted by atomic mass is 9.93. The van der Waals surface area contributed by atoms with Crippen molar-refractivity contribution in [2.45, 2.75) is 39.0 Å². The van der Waals surface area contributed by atoms with Gasteiger partial charge in [0.25, 0.3) is 0 Å². The molecule has 2 heterocycles. The number of hydrogen-bond acceptors (Lipinski definition) is 3. The highest BCUT2D eigenvalue weighted by Crippen LogP contribution is 2.20. The molecule has 2 N–H and O–H groups in total. The van der Waals surface area contributed by atoms with Gasteiger partial charge in [-0.25, -0.2) is 0 Å². The van der Waals surface area contributed by atoms with Crippen molar-refractivity contribution in [1.82, 2.24) is 20.4 Å². The van der Waals surface area contributed by atoms with Crippen LogP contribution in [0.5, 0.6) is 0 Å². The summed E-state index contributed by atoms with van der Waals surface area (Å²) in [7, 11) is 3.58. The summed E-state index contributed by atoms with van der Waals surface area (Å²) < 4.78 is 0. The van der Waals surface area contributed by atoms with Crippen LogP contribution in [0, 0.1) is 11.8 Å². The van der Waals surface area contributed by atoms with Gasteiger partial charge in [-0.2, -0.15) is 0 Å². The van der Waals surface area contributed by atoms with E-state index < -0.39 is 0 Å². The monoisotopic (exact) mass is 337 g/mol. The van der Waals surface area contributed by atoms with Crippen LogP contribution in [0.2, 0.25) is 0 Å². The third kappa shape index (κ3) is 5.96. The zero-order valence-electron chi connectivity index (χ0n) is 15.7. The highest BCUT2D eigenvalue weighted by Gasteiger charge is 2.23. The van der Waals surface area contributed by atoms with E-state index in [1.54, 1.807) is 7.05 Å². The number of likely N-dealkylation sites (tertiary alicyclic amines) is 2. The molecule has 138 valence electrons. The molecular weight excluding hydrogens is 302 g/mol. The third-order valence-corrected chi connectivity index (χ3v) is 5.26. The first-order chi connectivity index (χ1) is 11.6. The molecule has 1 atom stereocenters. The predicted octanol–water partition coefficient (Wildman–Crippen LogP) is 1.14. The van der Waals surface area contributed by atoms with Crippen molar-refractivity contribution in [3.63, 3.8) is 0 Å². The standard InChI is InChI=1S/C18H35N5O/c1-15(14-22-8-4-5-9-22)13-21-18(20-3)23-10-6-16(7-11-23)12-17(24)19-2/h15-16H,4-14H2,1-3H3,(H,19,24)(H,20,21). The molecule has 0 aromatic rings. The van der Waals surface area contributed by atoms with Crippen molar-refractivity contribution in [3.05, 3.63) is 0 Å². The SMILES string of the molecule is CN=C(NCC(C)CN1CCCC1)N1CCC(CC(=O)NC)CC1. The van der Waals surface area contributed by atoms with Crippen LogP contribution in [-0.2, 0) is 4.79 Å². The fraction of sp³-hybridized carbons (Fsp3) is 0.889. The summed E-state index contributed by atoms with van der Waals surface area (Å²) in [5.74, 6) is 2.31. The maximum atomic E-state index is 11.5. The molecule has 0 aromatic heterocycles. The number of carbonyl (C=O) groups excluding carboxylic acids is 1. The van der Waals surface area contributed by atoms with Gasteiger partial charge in [0.15, 0.2) is 5.96 Å². The largest absolute Gasteiger partial charge is 0.359 e. The topological polar surface area (TPSA) is 60.0 Å². The van der Waals surface area contributed by atoms with Crippen LogP contribution in [-0.4, -0.2) is 75.0 Å². The zero-order valence-corrected chi connectivity index (χ0v) is 15.7. The molecule has 1 amide bonds.